The average Bonchev–Trinajstić information content (AvgIpc) is 3.27. The number of pyridine rings is 1. The van der Waals surface area contributed by atoms with Gasteiger partial charge in [-0.15, -0.1) is 0 Å². The summed E-state index contributed by atoms with van der Waals surface area (Å²) in [5.41, 5.74) is 6.91. The van der Waals surface area contributed by atoms with Crippen LogP contribution in [-0.4, -0.2) is 37.1 Å². The molecule has 7 nitrogen and oxygen atoms in total. The van der Waals surface area contributed by atoms with Gasteiger partial charge in [0.05, 0.1) is 24.2 Å². The number of benzene rings is 1. The van der Waals surface area contributed by atoms with E-state index in [9.17, 15) is 4.79 Å². The van der Waals surface area contributed by atoms with E-state index >= 15 is 0 Å². The van der Waals surface area contributed by atoms with Crippen molar-refractivity contribution in [1.82, 2.24) is 24.5 Å². The molecule has 4 aromatic rings. The van der Waals surface area contributed by atoms with Crippen molar-refractivity contribution in [1.29, 1.82) is 0 Å². The first-order valence-corrected chi connectivity index (χ1v) is 10.1. The van der Waals surface area contributed by atoms with Crippen molar-refractivity contribution in [3.63, 3.8) is 0 Å². The molecule has 0 saturated carbocycles. The van der Waals surface area contributed by atoms with Crippen molar-refractivity contribution < 1.29 is 9.53 Å². The van der Waals surface area contributed by atoms with E-state index in [1.807, 2.05) is 13.0 Å². The van der Waals surface area contributed by atoms with Crippen LogP contribution in [0.3, 0.4) is 0 Å². The number of nitrogens with zero attached hydrogens (tertiary/aromatic N) is 4. The number of aromatic amines is 1. The summed E-state index contributed by atoms with van der Waals surface area (Å²) in [4.78, 5) is 28.8. The molecule has 0 unspecified atom stereocenters. The summed E-state index contributed by atoms with van der Waals surface area (Å²) in [5.74, 6) is 1.26. The van der Waals surface area contributed by atoms with E-state index < -0.39 is 0 Å². The number of hydrogen-bond acceptors (Lipinski definition) is 5. The molecule has 0 fully saturated rings. The van der Waals surface area contributed by atoms with Crippen LogP contribution in [0.25, 0.3) is 28.3 Å². The van der Waals surface area contributed by atoms with E-state index in [0.29, 0.717) is 19.0 Å². The molecule has 7 heteroatoms. The lowest BCUT2D eigenvalue weighted by molar-refractivity contribution is -0.137. The van der Waals surface area contributed by atoms with Gasteiger partial charge in [-0.2, -0.15) is 0 Å². The summed E-state index contributed by atoms with van der Waals surface area (Å²) < 4.78 is 7.10. The maximum Gasteiger partial charge on any atom is 0.330 e. The van der Waals surface area contributed by atoms with Gasteiger partial charge in [0.2, 0.25) is 0 Å². The second-order valence-corrected chi connectivity index (χ2v) is 7.28. The minimum Gasteiger partial charge on any atom is -0.463 e. The predicted octanol–water partition coefficient (Wildman–Crippen LogP) is 4.11. The molecule has 30 heavy (non-hydrogen) atoms. The molecule has 0 aliphatic heterocycles. The Morgan fingerprint density at radius 2 is 2.00 bits per heavy atom. The molecule has 1 aromatic carbocycles. The van der Waals surface area contributed by atoms with Gasteiger partial charge in [-0.3, -0.25) is 0 Å². The lowest BCUT2D eigenvalue weighted by Crippen LogP contribution is -2.05. The van der Waals surface area contributed by atoms with Crippen LogP contribution in [-0.2, 0) is 22.5 Å². The largest absolute Gasteiger partial charge is 0.463 e. The summed E-state index contributed by atoms with van der Waals surface area (Å²) >= 11 is 0. The Bertz CT molecular complexity index is 1270. The van der Waals surface area contributed by atoms with Crippen LogP contribution in [0.15, 0.2) is 30.3 Å². The number of rotatable bonds is 6. The van der Waals surface area contributed by atoms with Gasteiger partial charge in [0.1, 0.15) is 17.2 Å². The predicted molar refractivity (Wildman–Crippen MR) is 117 cm³/mol. The minimum atomic E-state index is -0.379. The van der Waals surface area contributed by atoms with Gasteiger partial charge in [0.15, 0.2) is 5.65 Å². The van der Waals surface area contributed by atoms with E-state index in [-0.39, 0.29) is 5.97 Å². The van der Waals surface area contributed by atoms with E-state index in [1.54, 1.807) is 13.0 Å². The number of H-pyrrole nitrogens is 1. The molecule has 154 valence electrons. The molecule has 1 N–H and O–H groups in total. The third-order valence-electron chi connectivity index (χ3n) is 4.99. The van der Waals surface area contributed by atoms with Gasteiger partial charge in [0.25, 0.3) is 0 Å². The maximum atomic E-state index is 11.5. The highest BCUT2D eigenvalue weighted by molar-refractivity contribution is 5.87. The SMILES string of the molecule is CCOC(=O)C=Cc1nc2ccc(Cn3c(CC)nc4c(C)cc(C)nc43)cc2[nH]1. The van der Waals surface area contributed by atoms with Crippen molar-refractivity contribution >= 4 is 34.2 Å². The van der Waals surface area contributed by atoms with Crippen molar-refractivity contribution in [2.24, 2.45) is 0 Å². The Balaban J connectivity index is 1.67. The highest BCUT2D eigenvalue weighted by Gasteiger charge is 2.14. The first-order valence-electron chi connectivity index (χ1n) is 10.1. The van der Waals surface area contributed by atoms with Crippen LogP contribution in [0.1, 0.15) is 42.3 Å². The zero-order valence-corrected chi connectivity index (χ0v) is 17.7. The third kappa shape index (κ3) is 3.83. The van der Waals surface area contributed by atoms with Crippen LogP contribution in [0, 0.1) is 13.8 Å². The Morgan fingerprint density at radius 1 is 1.17 bits per heavy atom. The number of ether oxygens (including phenoxy) is 1. The number of imidazole rings is 2. The minimum absolute atomic E-state index is 0.350. The molecule has 3 aromatic heterocycles. The van der Waals surface area contributed by atoms with E-state index in [4.69, 9.17) is 14.7 Å². The molecular formula is C23H25N5O2. The summed E-state index contributed by atoms with van der Waals surface area (Å²) in [6.07, 6.45) is 3.85. The molecule has 0 radical (unpaired) electrons. The smallest absolute Gasteiger partial charge is 0.330 e. The number of aryl methyl sites for hydroxylation is 3. The van der Waals surface area contributed by atoms with Gasteiger partial charge >= 0.3 is 5.97 Å². The summed E-state index contributed by atoms with van der Waals surface area (Å²) in [6.45, 7) is 9.01. The fourth-order valence-electron chi connectivity index (χ4n) is 3.66. The van der Waals surface area contributed by atoms with Crippen LogP contribution in [0.4, 0.5) is 0 Å². The van der Waals surface area contributed by atoms with Crippen molar-refractivity contribution in [3.8, 4) is 0 Å². The second-order valence-electron chi connectivity index (χ2n) is 7.28. The normalized spacial score (nSPS) is 11.7. The summed E-state index contributed by atoms with van der Waals surface area (Å²) in [5, 5.41) is 0. The Kier molecular flexibility index (Phi) is 5.35. The lowest BCUT2D eigenvalue weighted by Gasteiger charge is -2.08. The summed E-state index contributed by atoms with van der Waals surface area (Å²) in [7, 11) is 0. The second kappa shape index (κ2) is 8.10. The van der Waals surface area contributed by atoms with Crippen molar-refractivity contribution in [2.45, 2.75) is 40.7 Å². The number of carbonyl (C=O) groups excluding carboxylic acids is 1. The number of esters is 1. The fourth-order valence-corrected chi connectivity index (χ4v) is 3.66. The fraction of sp³-hybridized carbons (Fsp3) is 0.304. The van der Waals surface area contributed by atoms with E-state index in [1.165, 1.54) is 6.08 Å². The van der Waals surface area contributed by atoms with Crippen LogP contribution in [0.2, 0.25) is 0 Å². The highest BCUT2D eigenvalue weighted by atomic mass is 16.5. The van der Waals surface area contributed by atoms with Crippen molar-refractivity contribution in [3.05, 3.63) is 58.8 Å². The number of fused-ring (bicyclic) bond motifs is 2. The number of carbonyl (C=O) groups is 1. The molecule has 0 bridgehead atoms. The zero-order valence-electron chi connectivity index (χ0n) is 17.7. The quantitative estimate of drug-likeness (QED) is 0.387. The van der Waals surface area contributed by atoms with Crippen LogP contribution in [0.5, 0.6) is 0 Å². The number of hydrogen-bond donors (Lipinski definition) is 1. The average molecular weight is 403 g/mol. The standard InChI is InChI=1S/C23H25N5O2/c1-5-20-27-22-14(3)11-15(4)24-23(22)28(20)13-16-7-8-17-18(12-16)26-19(25-17)9-10-21(29)30-6-2/h7-12H,5-6,13H2,1-4H3,(H,25,26). The topological polar surface area (TPSA) is 85.7 Å². The first kappa shape index (κ1) is 19.8. The lowest BCUT2D eigenvalue weighted by atomic mass is 10.2. The Hall–Kier alpha value is -3.48. The molecule has 4 rings (SSSR count). The van der Waals surface area contributed by atoms with E-state index in [0.717, 1.165) is 51.3 Å². The molecule has 0 aliphatic carbocycles. The third-order valence-corrected chi connectivity index (χ3v) is 4.99. The zero-order chi connectivity index (χ0) is 21.3. The van der Waals surface area contributed by atoms with Crippen LogP contribution >= 0.6 is 0 Å². The van der Waals surface area contributed by atoms with Gasteiger partial charge in [-0.1, -0.05) is 13.0 Å². The summed E-state index contributed by atoms with van der Waals surface area (Å²) in [6, 6.07) is 8.20. The Labute approximate surface area is 174 Å². The molecule has 0 amide bonds. The molecular weight excluding hydrogens is 378 g/mol. The molecule has 0 aliphatic rings. The maximum absolute atomic E-state index is 11.5. The van der Waals surface area contributed by atoms with Gasteiger partial charge in [0, 0.05) is 18.2 Å². The van der Waals surface area contributed by atoms with Gasteiger partial charge < -0.3 is 14.3 Å². The Morgan fingerprint density at radius 3 is 2.77 bits per heavy atom. The van der Waals surface area contributed by atoms with Gasteiger partial charge in [-0.25, -0.2) is 19.7 Å². The molecule has 0 spiro atoms. The molecule has 0 atom stereocenters. The van der Waals surface area contributed by atoms with Crippen LogP contribution < -0.4 is 0 Å². The molecule has 3 heterocycles. The van der Waals surface area contributed by atoms with E-state index in [2.05, 4.69) is 46.6 Å². The highest BCUT2D eigenvalue weighted by Crippen LogP contribution is 2.22. The monoisotopic (exact) mass is 403 g/mol. The number of aromatic nitrogens is 5. The number of nitrogens with one attached hydrogen (secondary N) is 1. The van der Waals surface area contributed by atoms with Crippen molar-refractivity contribution in [2.75, 3.05) is 6.61 Å². The molecule has 0 saturated heterocycles. The first-order chi connectivity index (χ1) is 14.5. The van der Waals surface area contributed by atoms with Gasteiger partial charge in [-0.05, 0) is 56.2 Å².